The van der Waals surface area contributed by atoms with Gasteiger partial charge in [-0.1, -0.05) is 51.8 Å². The molecular formula is C17H13BrClNO. The first-order valence-electron chi connectivity index (χ1n) is 6.61. The highest BCUT2D eigenvalue weighted by Gasteiger charge is 2.14. The van der Waals surface area contributed by atoms with Crippen LogP contribution in [0.15, 0.2) is 59.2 Å². The molecule has 0 saturated heterocycles. The molecule has 0 spiro atoms. The first-order valence-corrected chi connectivity index (χ1v) is 7.78. The highest BCUT2D eigenvalue weighted by Crippen LogP contribution is 2.30. The lowest BCUT2D eigenvalue weighted by Gasteiger charge is -2.14. The lowest BCUT2D eigenvalue weighted by molar-refractivity contribution is 0.179. The van der Waals surface area contributed by atoms with Crippen molar-refractivity contribution in [3.8, 4) is 0 Å². The van der Waals surface area contributed by atoms with Gasteiger partial charge in [0.25, 0.3) is 0 Å². The van der Waals surface area contributed by atoms with Gasteiger partial charge in [-0.25, -0.2) is 0 Å². The maximum Gasteiger partial charge on any atom is 0.0844 e. The zero-order valence-electron chi connectivity index (χ0n) is 11.1. The standard InChI is InChI=1S/C17H13BrClNO/c18-12-5-6-14(15(19)10-12)17(21)9-11-7-8-20-16-4-2-1-3-13(11)16/h1-8,10,17,21H,9H2. The predicted octanol–water partition coefficient (Wildman–Crippen LogP) is 4.93. The molecule has 3 aromatic rings. The lowest BCUT2D eigenvalue weighted by Crippen LogP contribution is -2.03. The Hall–Kier alpha value is -1.42. The van der Waals surface area contributed by atoms with E-state index in [1.807, 2.05) is 42.5 Å². The van der Waals surface area contributed by atoms with Crippen molar-refractivity contribution in [2.24, 2.45) is 0 Å². The molecule has 0 amide bonds. The Kier molecular flexibility index (Phi) is 4.24. The fraction of sp³-hybridized carbons (Fsp3) is 0.118. The van der Waals surface area contributed by atoms with Gasteiger partial charge in [-0.2, -0.15) is 0 Å². The smallest absolute Gasteiger partial charge is 0.0844 e. The molecule has 106 valence electrons. The van der Waals surface area contributed by atoms with Crippen LogP contribution in [-0.2, 0) is 6.42 Å². The number of nitrogens with zero attached hydrogens (tertiary/aromatic N) is 1. The summed E-state index contributed by atoms with van der Waals surface area (Å²) in [6.45, 7) is 0. The Morgan fingerprint density at radius 1 is 1.14 bits per heavy atom. The number of fused-ring (bicyclic) bond motifs is 1. The van der Waals surface area contributed by atoms with Gasteiger partial charge in [0.1, 0.15) is 0 Å². The minimum Gasteiger partial charge on any atom is -0.388 e. The Bertz CT molecular complexity index is 785. The summed E-state index contributed by atoms with van der Waals surface area (Å²) in [5.74, 6) is 0. The van der Waals surface area contributed by atoms with E-state index in [2.05, 4.69) is 20.9 Å². The van der Waals surface area contributed by atoms with Crippen LogP contribution in [-0.4, -0.2) is 10.1 Å². The van der Waals surface area contributed by atoms with Crippen molar-refractivity contribution in [1.29, 1.82) is 0 Å². The Balaban J connectivity index is 1.94. The highest BCUT2D eigenvalue weighted by molar-refractivity contribution is 9.10. The molecule has 0 aliphatic heterocycles. The van der Waals surface area contributed by atoms with Crippen LogP contribution in [0.1, 0.15) is 17.2 Å². The molecule has 2 nitrogen and oxygen atoms in total. The number of para-hydroxylation sites is 1. The second-order valence-corrected chi connectivity index (χ2v) is 6.20. The number of aliphatic hydroxyl groups is 1. The van der Waals surface area contributed by atoms with E-state index in [1.54, 1.807) is 12.3 Å². The minimum absolute atomic E-state index is 0.504. The summed E-state index contributed by atoms with van der Waals surface area (Å²) in [5.41, 5.74) is 2.73. The molecule has 0 aliphatic rings. The van der Waals surface area contributed by atoms with Gasteiger partial charge in [-0.05, 0) is 35.4 Å². The van der Waals surface area contributed by atoms with Crippen LogP contribution in [0, 0.1) is 0 Å². The largest absolute Gasteiger partial charge is 0.388 e. The third-order valence-corrected chi connectivity index (χ3v) is 4.29. The summed E-state index contributed by atoms with van der Waals surface area (Å²) in [4.78, 5) is 4.34. The molecule has 1 heterocycles. The van der Waals surface area contributed by atoms with Crippen LogP contribution in [0.3, 0.4) is 0 Å². The Morgan fingerprint density at radius 3 is 2.76 bits per heavy atom. The number of pyridine rings is 1. The Labute approximate surface area is 136 Å². The summed E-state index contributed by atoms with van der Waals surface area (Å²) in [7, 11) is 0. The zero-order valence-corrected chi connectivity index (χ0v) is 13.5. The zero-order chi connectivity index (χ0) is 14.8. The molecule has 0 radical (unpaired) electrons. The van der Waals surface area contributed by atoms with Crippen molar-refractivity contribution >= 4 is 38.4 Å². The summed E-state index contributed by atoms with van der Waals surface area (Å²) < 4.78 is 0.901. The quantitative estimate of drug-likeness (QED) is 0.717. The molecule has 1 aromatic heterocycles. The maximum absolute atomic E-state index is 10.5. The first-order chi connectivity index (χ1) is 10.1. The Morgan fingerprint density at radius 2 is 1.95 bits per heavy atom. The van der Waals surface area contributed by atoms with Crippen molar-refractivity contribution in [3.63, 3.8) is 0 Å². The van der Waals surface area contributed by atoms with E-state index < -0.39 is 6.10 Å². The predicted molar refractivity (Wildman–Crippen MR) is 89.6 cm³/mol. The average molecular weight is 363 g/mol. The number of halogens is 2. The molecule has 0 aliphatic carbocycles. The molecule has 2 aromatic carbocycles. The van der Waals surface area contributed by atoms with Crippen LogP contribution in [0.5, 0.6) is 0 Å². The van der Waals surface area contributed by atoms with Gasteiger partial charge in [0.15, 0.2) is 0 Å². The van der Waals surface area contributed by atoms with Crippen molar-refractivity contribution in [3.05, 3.63) is 75.4 Å². The molecule has 4 heteroatoms. The van der Waals surface area contributed by atoms with Gasteiger partial charge in [-0.3, -0.25) is 4.98 Å². The number of benzene rings is 2. The molecule has 0 fully saturated rings. The van der Waals surface area contributed by atoms with Crippen LogP contribution in [0.4, 0.5) is 0 Å². The second-order valence-electron chi connectivity index (χ2n) is 4.87. The monoisotopic (exact) mass is 361 g/mol. The van der Waals surface area contributed by atoms with E-state index in [9.17, 15) is 5.11 Å². The second kappa shape index (κ2) is 6.14. The highest BCUT2D eigenvalue weighted by atomic mass is 79.9. The number of aliphatic hydroxyl groups excluding tert-OH is 1. The molecular weight excluding hydrogens is 350 g/mol. The first kappa shape index (κ1) is 14.5. The van der Waals surface area contributed by atoms with Crippen molar-refractivity contribution < 1.29 is 5.11 Å². The summed E-state index contributed by atoms with van der Waals surface area (Å²) in [5, 5.41) is 12.1. The van der Waals surface area contributed by atoms with Crippen LogP contribution >= 0.6 is 27.5 Å². The lowest BCUT2D eigenvalue weighted by atomic mass is 9.99. The van der Waals surface area contributed by atoms with E-state index in [1.165, 1.54) is 0 Å². The van der Waals surface area contributed by atoms with E-state index >= 15 is 0 Å². The van der Waals surface area contributed by atoms with Gasteiger partial charge in [0, 0.05) is 27.5 Å². The fourth-order valence-corrected chi connectivity index (χ4v) is 3.22. The summed E-state index contributed by atoms with van der Waals surface area (Å²) in [6, 6.07) is 15.4. The third kappa shape index (κ3) is 3.10. The SMILES string of the molecule is OC(Cc1ccnc2ccccc12)c1ccc(Br)cc1Cl. The van der Waals surface area contributed by atoms with E-state index in [-0.39, 0.29) is 0 Å². The summed E-state index contributed by atoms with van der Waals surface area (Å²) >= 11 is 9.58. The fourth-order valence-electron chi connectivity index (χ4n) is 2.42. The van der Waals surface area contributed by atoms with E-state index in [0.717, 1.165) is 26.5 Å². The maximum atomic E-state index is 10.5. The molecule has 3 rings (SSSR count). The number of hydrogen-bond donors (Lipinski definition) is 1. The number of aromatic nitrogens is 1. The topological polar surface area (TPSA) is 33.1 Å². The van der Waals surface area contributed by atoms with Gasteiger partial charge in [0.2, 0.25) is 0 Å². The minimum atomic E-state index is -0.642. The average Bonchev–Trinajstić information content (AvgIpc) is 2.47. The normalized spacial score (nSPS) is 12.5. The molecule has 0 bridgehead atoms. The molecule has 1 unspecified atom stereocenters. The van der Waals surface area contributed by atoms with Gasteiger partial charge < -0.3 is 5.11 Å². The van der Waals surface area contributed by atoms with Crippen molar-refractivity contribution in [2.45, 2.75) is 12.5 Å². The van der Waals surface area contributed by atoms with Gasteiger partial charge >= 0.3 is 0 Å². The van der Waals surface area contributed by atoms with E-state index in [0.29, 0.717) is 11.4 Å². The van der Waals surface area contributed by atoms with Crippen LogP contribution in [0.2, 0.25) is 5.02 Å². The number of rotatable bonds is 3. The number of hydrogen-bond acceptors (Lipinski definition) is 2. The van der Waals surface area contributed by atoms with Crippen molar-refractivity contribution in [1.82, 2.24) is 4.98 Å². The molecule has 0 saturated carbocycles. The van der Waals surface area contributed by atoms with Crippen LogP contribution < -0.4 is 0 Å². The molecule has 1 atom stereocenters. The molecule has 21 heavy (non-hydrogen) atoms. The molecule has 1 N–H and O–H groups in total. The van der Waals surface area contributed by atoms with Crippen molar-refractivity contribution in [2.75, 3.05) is 0 Å². The van der Waals surface area contributed by atoms with Gasteiger partial charge in [-0.15, -0.1) is 0 Å². The van der Waals surface area contributed by atoms with Crippen LogP contribution in [0.25, 0.3) is 10.9 Å². The van der Waals surface area contributed by atoms with Gasteiger partial charge in [0.05, 0.1) is 11.6 Å². The van der Waals surface area contributed by atoms with E-state index in [4.69, 9.17) is 11.6 Å². The summed E-state index contributed by atoms with van der Waals surface area (Å²) in [6.07, 6.45) is 1.63. The third-order valence-electron chi connectivity index (χ3n) is 3.47.